The smallest absolute Gasteiger partial charge is 0.224 e. The zero-order valence-corrected chi connectivity index (χ0v) is 12.5. The molecule has 0 radical (unpaired) electrons. The van der Waals surface area contributed by atoms with Gasteiger partial charge in [0.05, 0.1) is 13.5 Å². The highest BCUT2D eigenvalue weighted by Crippen LogP contribution is 2.25. The molecule has 4 nitrogen and oxygen atoms in total. The van der Waals surface area contributed by atoms with E-state index in [1.165, 1.54) is 0 Å². The molecular weight excluding hydrogens is 288 g/mol. The van der Waals surface area contributed by atoms with Crippen molar-refractivity contribution in [3.05, 3.63) is 58.6 Å². The number of carbonyl (C=O) groups is 1. The lowest BCUT2D eigenvalue weighted by Crippen LogP contribution is -2.25. The van der Waals surface area contributed by atoms with Crippen molar-refractivity contribution < 1.29 is 9.53 Å². The van der Waals surface area contributed by atoms with E-state index in [9.17, 15) is 4.79 Å². The van der Waals surface area contributed by atoms with Crippen LogP contribution in [-0.4, -0.2) is 13.0 Å². The van der Waals surface area contributed by atoms with E-state index in [4.69, 9.17) is 22.1 Å². The maximum atomic E-state index is 12.0. The molecule has 0 spiro atoms. The maximum absolute atomic E-state index is 12.0. The number of anilines is 1. The number of nitrogens with one attached hydrogen (secondary N) is 1. The molecule has 2 aromatic carbocycles. The van der Waals surface area contributed by atoms with Crippen molar-refractivity contribution in [1.29, 1.82) is 0 Å². The number of carbonyl (C=O) groups excluding carboxylic acids is 1. The third-order valence-electron chi connectivity index (χ3n) is 3.16. The van der Waals surface area contributed by atoms with Crippen LogP contribution in [-0.2, 0) is 17.8 Å². The quantitative estimate of drug-likeness (QED) is 0.835. The molecule has 0 bridgehead atoms. The highest BCUT2D eigenvalue weighted by atomic mass is 35.5. The summed E-state index contributed by atoms with van der Waals surface area (Å²) in [5, 5.41) is 3.40. The van der Waals surface area contributed by atoms with Crippen molar-refractivity contribution in [3.8, 4) is 5.75 Å². The van der Waals surface area contributed by atoms with E-state index in [0.717, 1.165) is 11.1 Å². The summed E-state index contributed by atoms with van der Waals surface area (Å²) in [4.78, 5) is 12.0. The number of nitrogen functional groups attached to an aromatic ring is 1. The van der Waals surface area contributed by atoms with Gasteiger partial charge in [-0.25, -0.2) is 0 Å². The lowest BCUT2D eigenvalue weighted by atomic mass is 10.1. The number of amides is 1. The summed E-state index contributed by atoms with van der Waals surface area (Å²) in [5.74, 6) is 0.539. The van der Waals surface area contributed by atoms with Crippen LogP contribution in [0.5, 0.6) is 5.75 Å². The number of hydrogen-bond acceptors (Lipinski definition) is 3. The monoisotopic (exact) mass is 304 g/mol. The van der Waals surface area contributed by atoms with Crippen LogP contribution in [0.2, 0.25) is 5.02 Å². The lowest BCUT2D eigenvalue weighted by molar-refractivity contribution is -0.120. The van der Waals surface area contributed by atoms with Crippen LogP contribution in [0.4, 0.5) is 5.69 Å². The SMILES string of the molecule is COc1cccc(Cl)c1CNC(=O)Cc1ccccc1N. The summed E-state index contributed by atoms with van der Waals surface area (Å²) in [6.07, 6.45) is 0.236. The van der Waals surface area contributed by atoms with E-state index >= 15 is 0 Å². The Balaban J connectivity index is 2.01. The number of methoxy groups -OCH3 is 1. The molecule has 0 atom stereocenters. The van der Waals surface area contributed by atoms with Gasteiger partial charge in [0.25, 0.3) is 0 Å². The van der Waals surface area contributed by atoms with Gasteiger partial charge in [0.1, 0.15) is 5.75 Å². The van der Waals surface area contributed by atoms with Gasteiger partial charge < -0.3 is 15.8 Å². The highest BCUT2D eigenvalue weighted by Gasteiger charge is 2.10. The Morgan fingerprint density at radius 1 is 1.24 bits per heavy atom. The third-order valence-corrected chi connectivity index (χ3v) is 3.52. The van der Waals surface area contributed by atoms with E-state index in [0.29, 0.717) is 23.0 Å². The Morgan fingerprint density at radius 2 is 2.00 bits per heavy atom. The maximum Gasteiger partial charge on any atom is 0.224 e. The number of nitrogens with two attached hydrogens (primary N) is 1. The molecule has 0 fully saturated rings. The Kier molecular flexibility index (Phi) is 5.06. The first-order chi connectivity index (χ1) is 10.1. The molecule has 0 saturated carbocycles. The van der Waals surface area contributed by atoms with Crippen LogP contribution in [0.25, 0.3) is 0 Å². The molecule has 2 rings (SSSR count). The minimum Gasteiger partial charge on any atom is -0.496 e. The van der Waals surface area contributed by atoms with Crippen molar-refractivity contribution in [2.75, 3.05) is 12.8 Å². The Labute approximate surface area is 128 Å². The van der Waals surface area contributed by atoms with Crippen molar-refractivity contribution in [1.82, 2.24) is 5.32 Å². The second kappa shape index (κ2) is 6.99. The molecule has 0 aliphatic heterocycles. The number of para-hydroxylation sites is 1. The lowest BCUT2D eigenvalue weighted by Gasteiger charge is -2.12. The molecule has 1 amide bonds. The van der Waals surface area contributed by atoms with Crippen molar-refractivity contribution >= 4 is 23.2 Å². The molecular formula is C16H17ClN2O2. The normalized spacial score (nSPS) is 10.2. The molecule has 0 heterocycles. The average molecular weight is 305 g/mol. The van der Waals surface area contributed by atoms with Gasteiger partial charge in [-0.3, -0.25) is 4.79 Å². The molecule has 0 saturated heterocycles. The summed E-state index contributed by atoms with van der Waals surface area (Å²) >= 11 is 6.13. The Morgan fingerprint density at radius 3 is 2.71 bits per heavy atom. The van der Waals surface area contributed by atoms with Crippen molar-refractivity contribution in [2.45, 2.75) is 13.0 Å². The Hall–Kier alpha value is -2.20. The summed E-state index contributed by atoms with van der Waals surface area (Å²) in [5.41, 5.74) is 8.01. The number of halogens is 1. The zero-order valence-electron chi connectivity index (χ0n) is 11.7. The van der Waals surface area contributed by atoms with Crippen LogP contribution >= 0.6 is 11.6 Å². The molecule has 110 valence electrons. The van der Waals surface area contributed by atoms with Gasteiger partial charge in [-0.1, -0.05) is 35.9 Å². The predicted molar refractivity (Wildman–Crippen MR) is 84.4 cm³/mol. The van der Waals surface area contributed by atoms with E-state index in [1.54, 1.807) is 25.3 Å². The largest absolute Gasteiger partial charge is 0.496 e. The molecule has 3 N–H and O–H groups in total. The van der Waals surface area contributed by atoms with Crippen LogP contribution in [0.3, 0.4) is 0 Å². The van der Waals surface area contributed by atoms with Gasteiger partial charge in [-0.2, -0.15) is 0 Å². The third kappa shape index (κ3) is 3.89. The first kappa shape index (κ1) is 15.2. The van der Waals surface area contributed by atoms with E-state index < -0.39 is 0 Å². The van der Waals surface area contributed by atoms with Gasteiger partial charge in [0.15, 0.2) is 0 Å². The van der Waals surface area contributed by atoms with Crippen LogP contribution in [0.15, 0.2) is 42.5 Å². The molecule has 21 heavy (non-hydrogen) atoms. The Bertz CT molecular complexity index is 644. The first-order valence-electron chi connectivity index (χ1n) is 6.53. The predicted octanol–water partition coefficient (Wildman–Crippen LogP) is 2.79. The van der Waals surface area contributed by atoms with Crippen LogP contribution in [0, 0.1) is 0 Å². The van der Waals surface area contributed by atoms with Gasteiger partial charge in [-0.15, -0.1) is 0 Å². The van der Waals surface area contributed by atoms with Crippen LogP contribution in [0.1, 0.15) is 11.1 Å². The fourth-order valence-corrected chi connectivity index (χ4v) is 2.25. The fraction of sp³-hybridized carbons (Fsp3) is 0.188. The van der Waals surface area contributed by atoms with E-state index in [2.05, 4.69) is 5.32 Å². The zero-order chi connectivity index (χ0) is 15.2. The molecule has 2 aromatic rings. The molecule has 0 aliphatic carbocycles. The number of ether oxygens (including phenoxy) is 1. The summed E-state index contributed by atoms with van der Waals surface area (Å²) in [7, 11) is 1.57. The van der Waals surface area contributed by atoms with Crippen LogP contribution < -0.4 is 15.8 Å². The number of benzene rings is 2. The minimum atomic E-state index is -0.116. The second-order valence-corrected chi connectivity index (χ2v) is 4.98. The summed E-state index contributed by atoms with van der Waals surface area (Å²) in [6.45, 7) is 0.314. The minimum absolute atomic E-state index is 0.116. The standard InChI is InChI=1S/C16H17ClN2O2/c1-21-15-8-4-6-13(17)12(15)10-19-16(20)9-11-5-2-3-7-14(11)18/h2-8H,9-10,18H2,1H3,(H,19,20). The molecule has 5 heteroatoms. The van der Waals surface area contributed by atoms with Gasteiger partial charge >= 0.3 is 0 Å². The first-order valence-corrected chi connectivity index (χ1v) is 6.91. The number of hydrogen-bond donors (Lipinski definition) is 2. The van der Waals surface area contributed by atoms with E-state index in [-0.39, 0.29) is 12.3 Å². The average Bonchev–Trinajstić information content (AvgIpc) is 2.48. The van der Waals surface area contributed by atoms with Crippen molar-refractivity contribution in [3.63, 3.8) is 0 Å². The summed E-state index contributed by atoms with van der Waals surface area (Å²) in [6, 6.07) is 12.7. The molecule has 0 unspecified atom stereocenters. The summed E-state index contributed by atoms with van der Waals surface area (Å²) < 4.78 is 5.24. The van der Waals surface area contributed by atoms with E-state index in [1.807, 2.05) is 24.3 Å². The topological polar surface area (TPSA) is 64.3 Å². The highest BCUT2D eigenvalue weighted by molar-refractivity contribution is 6.31. The van der Waals surface area contributed by atoms with Gasteiger partial charge in [-0.05, 0) is 23.8 Å². The van der Waals surface area contributed by atoms with Crippen molar-refractivity contribution in [2.24, 2.45) is 0 Å². The van der Waals surface area contributed by atoms with Gasteiger partial charge in [0.2, 0.25) is 5.91 Å². The molecule has 0 aliphatic rings. The number of rotatable bonds is 5. The second-order valence-electron chi connectivity index (χ2n) is 4.57. The molecule has 0 aromatic heterocycles. The van der Waals surface area contributed by atoms with Gasteiger partial charge in [0, 0.05) is 22.8 Å². The fourth-order valence-electron chi connectivity index (χ4n) is 2.02.